The van der Waals surface area contributed by atoms with Crippen LogP contribution in [0.1, 0.15) is 0 Å². The summed E-state index contributed by atoms with van der Waals surface area (Å²) in [5.41, 5.74) is 10.8. The lowest BCUT2D eigenvalue weighted by molar-refractivity contribution is 0.666. The average molecular weight is 830 g/mol. The van der Waals surface area contributed by atoms with Crippen molar-refractivity contribution < 1.29 is 4.42 Å². The number of para-hydroxylation sites is 4. The number of nitrogens with zero attached hydrogens (tertiary/aromatic N) is 5. The van der Waals surface area contributed by atoms with Gasteiger partial charge in [0.05, 0.1) is 27.8 Å². The lowest BCUT2D eigenvalue weighted by Gasteiger charge is -2.13. The molecule has 0 aliphatic carbocycles. The Morgan fingerprint density at radius 1 is 0.338 bits per heavy atom. The molecule has 0 atom stereocenters. The quantitative estimate of drug-likeness (QED) is 0.173. The first kappa shape index (κ1) is 35.7. The minimum Gasteiger partial charge on any atom is -0.454 e. The van der Waals surface area contributed by atoms with Crippen LogP contribution in [-0.2, 0) is 0 Å². The first-order valence-corrected chi connectivity index (χ1v) is 21.9. The van der Waals surface area contributed by atoms with Crippen LogP contribution in [0.5, 0.6) is 0 Å². The average Bonchev–Trinajstić information content (AvgIpc) is 4.03. The van der Waals surface area contributed by atoms with Crippen molar-refractivity contribution in [3.63, 3.8) is 0 Å². The van der Waals surface area contributed by atoms with E-state index in [-0.39, 0.29) is 0 Å². The molecule has 6 heteroatoms. The highest BCUT2D eigenvalue weighted by Crippen LogP contribution is 2.43. The van der Waals surface area contributed by atoms with Gasteiger partial charge in [-0.05, 0) is 100 Å². The van der Waals surface area contributed by atoms with Gasteiger partial charge in [0.1, 0.15) is 5.58 Å². The van der Waals surface area contributed by atoms with Gasteiger partial charge in [-0.2, -0.15) is 0 Å². The van der Waals surface area contributed by atoms with Crippen LogP contribution in [0.15, 0.2) is 217 Å². The van der Waals surface area contributed by atoms with Crippen LogP contribution in [0, 0.1) is 0 Å². The Morgan fingerprint density at radius 3 is 1.66 bits per heavy atom. The molecule has 0 amide bonds. The molecule has 0 aliphatic rings. The standard InChI is InChI=1S/C59H35N5O/c1-2-18-42(19-3-1)63-49-23-11-8-20-43(49)47-34-41(28-30-51(47)63)58-60-57(40-27-26-36-14-4-5-15-37(36)32-40)61-59(62-58)46-29-31-52(56-55(46)45-22-10-13-25-54(45)65-56)64-50-24-12-9-21-44(50)48-33-38-16-6-7-17-39(38)35-53(48)64/h1-35H. The molecule has 0 fully saturated rings. The van der Waals surface area contributed by atoms with Crippen LogP contribution < -0.4 is 0 Å². The highest BCUT2D eigenvalue weighted by Gasteiger charge is 2.24. The van der Waals surface area contributed by atoms with E-state index in [2.05, 4.69) is 209 Å². The van der Waals surface area contributed by atoms with Crippen molar-refractivity contribution in [3.8, 4) is 45.5 Å². The highest BCUT2D eigenvalue weighted by atomic mass is 16.3. The number of rotatable bonds is 5. The van der Waals surface area contributed by atoms with E-state index < -0.39 is 0 Å². The van der Waals surface area contributed by atoms with E-state index in [1.54, 1.807) is 0 Å². The van der Waals surface area contributed by atoms with Gasteiger partial charge >= 0.3 is 0 Å². The molecule has 0 N–H and O–H groups in total. The van der Waals surface area contributed by atoms with Crippen molar-refractivity contribution in [1.29, 1.82) is 0 Å². The van der Waals surface area contributed by atoms with E-state index in [1.165, 1.54) is 21.5 Å². The summed E-state index contributed by atoms with van der Waals surface area (Å²) >= 11 is 0. The third-order valence-corrected chi connectivity index (χ3v) is 13.1. The van der Waals surface area contributed by atoms with E-state index >= 15 is 0 Å². The van der Waals surface area contributed by atoms with E-state index in [4.69, 9.17) is 19.4 Å². The van der Waals surface area contributed by atoms with Crippen LogP contribution in [-0.4, -0.2) is 24.1 Å². The molecule has 6 nitrogen and oxygen atoms in total. The van der Waals surface area contributed by atoms with Gasteiger partial charge in [0.2, 0.25) is 0 Å². The number of hydrogen-bond donors (Lipinski definition) is 0. The van der Waals surface area contributed by atoms with Crippen LogP contribution in [0.25, 0.3) is 133 Å². The molecule has 14 rings (SSSR count). The number of hydrogen-bond acceptors (Lipinski definition) is 4. The summed E-state index contributed by atoms with van der Waals surface area (Å²) in [7, 11) is 0. The van der Waals surface area contributed by atoms with Gasteiger partial charge in [0.25, 0.3) is 0 Å². The van der Waals surface area contributed by atoms with Crippen molar-refractivity contribution >= 4 is 87.1 Å². The second kappa shape index (κ2) is 13.8. The molecule has 302 valence electrons. The predicted molar refractivity (Wildman–Crippen MR) is 267 cm³/mol. The zero-order valence-corrected chi connectivity index (χ0v) is 34.9. The first-order valence-electron chi connectivity index (χ1n) is 21.9. The van der Waals surface area contributed by atoms with Crippen molar-refractivity contribution in [3.05, 3.63) is 212 Å². The Morgan fingerprint density at radius 2 is 0.892 bits per heavy atom. The zero-order chi connectivity index (χ0) is 42.6. The number of aromatic nitrogens is 5. The van der Waals surface area contributed by atoms with Gasteiger partial charge < -0.3 is 13.6 Å². The third-order valence-electron chi connectivity index (χ3n) is 13.1. The van der Waals surface area contributed by atoms with Crippen molar-refractivity contribution in [2.45, 2.75) is 0 Å². The van der Waals surface area contributed by atoms with Gasteiger partial charge in [-0.15, -0.1) is 0 Å². The summed E-state index contributed by atoms with van der Waals surface area (Å²) in [5, 5.41) is 11.3. The van der Waals surface area contributed by atoms with E-state index in [0.717, 1.165) is 93.6 Å². The van der Waals surface area contributed by atoms with Crippen molar-refractivity contribution in [2.75, 3.05) is 0 Å². The Labute approximate surface area is 371 Å². The summed E-state index contributed by atoms with van der Waals surface area (Å²) in [6.07, 6.45) is 0. The molecular formula is C59H35N5O. The Balaban J connectivity index is 1.03. The highest BCUT2D eigenvalue weighted by molar-refractivity contribution is 6.18. The summed E-state index contributed by atoms with van der Waals surface area (Å²) < 4.78 is 11.6. The Bertz CT molecular complexity index is 4250. The third kappa shape index (κ3) is 5.44. The second-order valence-corrected chi connectivity index (χ2v) is 16.8. The largest absolute Gasteiger partial charge is 0.454 e. The maximum absolute atomic E-state index is 6.97. The molecule has 4 heterocycles. The molecule has 0 saturated carbocycles. The topological polar surface area (TPSA) is 61.7 Å². The fourth-order valence-corrected chi connectivity index (χ4v) is 10.1. The van der Waals surface area contributed by atoms with Crippen molar-refractivity contribution in [1.82, 2.24) is 24.1 Å². The minimum absolute atomic E-state index is 0.571. The smallest absolute Gasteiger partial charge is 0.164 e. The maximum atomic E-state index is 6.97. The van der Waals surface area contributed by atoms with Crippen LogP contribution in [0.2, 0.25) is 0 Å². The summed E-state index contributed by atoms with van der Waals surface area (Å²) in [6, 6.07) is 75.0. The van der Waals surface area contributed by atoms with E-state index in [1.807, 2.05) is 12.1 Å². The molecule has 65 heavy (non-hydrogen) atoms. The van der Waals surface area contributed by atoms with Crippen molar-refractivity contribution in [2.24, 2.45) is 0 Å². The lowest BCUT2D eigenvalue weighted by atomic mass is 10.0. The molecule has 0 bridgehead atoms. The van der Waals surface area contributed by atoms with Gasteiger partial charge in [-0.25, -0.2) is 15.0 Å². The number of fused-ring (bicyclic) bond motifs is 11. The molecule has 0 saturated heterocycles. The summed E-state index contributed by atoms with van der Waals surface area (Å²) in [6.45, 7) is 0. The minimum atomic E-state index is 0.571. The molecule has 0 unspecified atom stereocenters. The maximum Gasteiger partial charge on any atom is 0.164 e. The summed E-state index contributed by atoms with van der Waals surface area (Å²) in [4.78, 5) is 16.0. The van der Waals surface area contributed by atoms with E-state index in [9.17, 15) is 0 Å². The SMILES string of the molecule is c1ccc(-n2c3ccccc3c3cc(-c4nc(-c5ccc6ccccc6c5)nc(-c5ccc(-n6c7ccccc7c7cc8ccccc8cc76)c6oc7ccccc7c56)n4)ccc32)cc1. The van der Waals surface area contributed by atoms with E-state index in [0.29, 0.717) is 17.5 Å². The zero-order valence-electron chi connectivity index (χ0n) is 34.9. The predicted octanol–water partition coefficient (Wildman–Crippen LogP) is 15.3. The lowest BCUT2D eigenvalue weighted by Crippen LogP contribution is -2.01. The molecular weight excluding hydrogens is 795 g/mol. The number of benzene rings is 10. The second-order valence-electron chi connectivity index (χ2n) is 16.8. The van der Waals surface area contributed by atoms with Gasteiger partial charge in [0, 0.05) is 54.7 Å². The molecule has 10 aromatic carbocycles. The fourth-order valence-electron chi connectivity index (χ4n) is 10.1. The summed E-state index contributed by atoms with van der Waals surface area (Å²) in [5.74, 6) is 1.76. The van der Waals surface area contributed by atoms with Crippen LogP contribution in [0.4, 0.5) is 0 Å². The van der Waals surface area contributed by atoms with Crippen LogP contribution >= 0.6 is 0 Å². The Kier molecular flexibility index (Phi) is 7.59. The van der Waals surface area contributed by atoms with Crippen LogP contribution in [0.3, 0.4) is 0 Å². The van der Waals surface area contributed by atoms with Gasteiger partial charge in [-0.3, -0.25) is 0 Å². The number of furan rings is 1. The van der Waals surface area contributed by atoms with Gasteiger partial charge in [-0.1, -0.05) is 133 Å². The monoisotopic (exact) mass is 829 g/mol. The molecule has 0 spiro atoms. The molecule has 0 aliphatic heterocycles. The molecule has 4 aromatic heterocycles. The first-order chi connectivity index (χ1) is 32.2. The molecule has 0 radical (unpaired) electrons. The van der Waals surface area contributed by atoms with Gasteiger partial charge in [0.15, 0.2) is 23.1 Å². The molecule has 14 aromatic rings. The fraction of sp³-hybridized carbons (Fsp3) is 0. The Hall–Kier alpha value is -8.87. The normalized spacial score (nSPS) is 12.0.